The highest BCUT2D eigenvalue weighted by Crippen LogP contribution is 2.26. The zero-order valence-electron chi connectivity index (χ0n) is 17.6. The number of primary sulfonamides is 1. The van der Waals surface area contributed by atoms with E-state index in [0.717, 1.165) is 55.2 Å². The van der Waals surface area contributed by atoms with Gasteiger partial charge in [-0.25, -0.2) is 13.6 Å². The van der Waals surface area contributed by atoms with E-state index in [1.807, 2.05) is 29.7 Å². The van der Waals surface area contributed by atoms with Crippen molar-refractivity contribution in [2.75, 3.05) is 19.6 Å². The van der Waals surface area contributed by atoms with Crippen LogP contribution < -0.4 is 10.6 Å². The summed E-state index contributed by atoms with van der Waals surface area (Å²) in [5.74, 6) is 0.587. The Labute approximate surface area is 199 Å². The average molecular weight is 496 g/mol. The van der Waals surface area contributed by atoms with Crippen molar-refractivity contribution in [1.82, 2.24) is 20.5 Å². The summed E-state index contributed by atoms with van der Waals surface area (Å²) >= 11 is 12.3. The number of hydrogen-bond acceptors (Lipinski definition) is 6. The molecule has 0 aromatic heterocycles. The zero-order valence-corrected chi connectivity index (χ0v) is 20.0. The highest BCUT2D eigenvalue weighted by Gasteiger charge is 2.25. The molecule has 2 heterocycles. The summed E-state index contributed by atoms with van der Waals surface area (Å²) in [4.78, 5) is 2.56. The minimum absolute atomic E-state index is 0.122. The number of sulfonamides is 1. The Hall–Kier alpha value is -1.81. The predicted molar refractivity (Wildman–Crippen MR) is 127 cm³/mol. The van der Waals surface area contributed by atoms with Crippen LogP contribution in [0.2, 0.25) is 10.0 Å². The molecule has 2 aliphatic rings. The van der Waals surface area contributed by atoms with Crippen LogP contribution in [-0.4, -0.2) is 43.1 Å². The highest BCUT2D eigenvalue weighted by molar-refractivity contribution is 7.89. The Morgan fingerprint density at radius 3 is 2.41 bits per heavy atom. The summed E-state index contributed by atoms with van der Waals surface area (Å²) in [7, 11) is -3.67. The van der Waals surface area contributed by atoms with E-state index in [-0.39, 0.29) is 4.90 Å². The molecule has 32 heavy (non-hydrogen) atoms. The minimum Gasteiger partial charge on any atom is -0.307 e. The molecule has 7 nitrogen and oxygen atoms in total. The molecule has 4 rings (SSSR count). The second-order valence-electron chi connectivity index (χ2n) is 8.27. The lowest BCUT2D eigenvalue weighted by Gasteiger charge is -2.36. The number of nitrogens with one attached hydrogen (secondary N) is 1. The third kappa shape index (κ3) is 5.95. The van der Waals surface area contributed by atoms with Crippen LogP contribution in [0.1, 0.15) is 24.0 Å². The number of hydrazine groups is 2. The van der Waals surface area contributed by atoms with Crippen LogP contribution in [0.15, 0.2) is 59.8 Å². The molecule has 1 saturated heterocycles. The van der Waals surface area contributed by atoms with Gasteiger partial charge in [0.25, 0.3) is 0 Å². The Balaban J connectivity index is 1.27. The molecule has 0 bridgehead atoms. The molecule has 172 valence electrons. The molecular weight excluding hydrogens is 469 g/mol. The molecule has 0 atom stereocenters. The molecule has 3 N–H and O–H groups in total. The molecule has 0 saturated carbocycles. The number of likely N-dealkylation sites (tertiary alicyclic amines) is 1. The van der Waals surface area contributed by atoms with Crippen LogP contribution in [0.5, 0.6) is 0 Å². The van der Waals surface area contributed by atoms with E-state index in [0.29, 0.717) is 17.5 Å². The summed E-state index contributed by atoms with van der Waals surface area (Å²) in [6, 6.07) is 12.4. The molecule has 1 fully saturated rings. The van der Waals surface area contributed by atoms with Crippen LogP contribution in [0.25, 0.3) is 0 Å². The third-order valence-electron chi connectivity index (χ3n) is 5.93. The van der Waals surface area contributed by atoms with E-state index in [4.69, 9.17) is 28.3 Å². The first kappa shape index (κ1) is 23.4. The minimum atomic E-state index is -3.67. The van der Waals surface area contributed by atoms with E-state index in [1.54, 1.807) is 30.3 Å². The maximum atomic E-state index is 11.4. The van der Waals surface area contributed by atoms with Gasteiger partial charge in [0.05, 0.1) is 11.4 Å². The van der Waals surface area contributed by atoms with Gasteiger partial charge in [-0.3, -0.25) is 9.91 Å². The maximum Gasteiger partial charge on any atom is 0.238 e. The largest absolute Gasteiger partial charge is 0.307 e. The number of rotatable bonds is 7. The summed E-state index contributed by atoms with van der Waals surface area (Å²) in [6.07, 6.45) is 6.19. The van der Waals surface area contributed by atoms with Crippen LogP contribution in [0, 0.1) is 5.92 Å². The first-order valence-corrected chi connectivity index (χ1v) is 12.8. The molecule has 0 amide bonds. The van der Waals surface area contributed by atoms with Crippen LogP contribution >= 0.6 is 23.2 Å². The van der Waals surface area contributed by atoms with Gasteiger partial charge in [0, 0.05) is 35.5 Å². The number of nitrogens with two attached hydrogens (primary N) is 1. The number of benzene rings is 2. The fraction of sp³-hybridized carbons (Fsp3) is 0.364. The van der Waals surface area contributed by atoms with Gasteiger partial charge in [-0.1, -0.05) is 41.4 Å². The second kappa shape index (κ2) is 9.99. The standard InChI is InChI=1S/C22H27Cl2N5O2S/c23-20-4-3-19(22(24)13-20)16-27-10-7-18(8-11-27)14-28-12-9-26-29(28)15-17-1-5-21(6-2-17)32(25,30)31/h1-6,9,12-13,18,26H,7-8,10-11,14-16H2,(H2,25,30,31). The molecular formula is C22H27Cl2N5O2S. The van der Waals surface area contributed by atoms with Gasteiger partial charge >= 0.3 is 0 Å². The predicted octanol–water partition coefficient (Wildman–Crippen LogP) is 3.56. The second-order valence-corrected chi connectivity index (χ2v) is 10.7. The normalized spacial score (nSPS) is 18.3. The molecule has 0 spiro atoms. The van der Waals surface area contributed by atoms with Crippen molar-refractivity contribution in [3.63, 3.8) is 0 Å². The Bertz CT molecular complexity index is 1070. The fourth-order valence-electron chi connectivity index (χ4n) is 4.10. The van der Waals surface area contributed by atoms with Crippen molar-refractivity contribution in [2.24, 2.45) is 11.1 Å². The van der Waals surface area contributed by atoms with E-state index in [2.05, 4.69) is 15.3 Å². The lowest BCUT2D eigenvalue weighted by Crippen LogP contribution is -2.45. The van der Waals surface area contributed by atoms with Crippen molar-refractivity contribution in [3.8, 4) is 0 Å². The van der Waals surface area contributed by atoms with Gasteiger partial charge in [0.2, 0.25) is 10.0 Å². The Morgan fingerprint density at radius 2 is 1.75 bits per heavy atom. The van der Waals surface area contributed by atoms with Gasteiger partial charge < -0.3 is 5.43 Å². The van der Waals surface area contributed by atoms with Crippen molar-refractivity contribution in [3.05, 3.63) is 76.0 Å². The summed E-state index contributed by atoms with van der Waals surface area (Å²) in [5, 5.41) is 10.8. The van der Waals surface area contributed by atoms with E-state index in [1.165, 1.54) is 0 Å². The molecule has 2 aromatic carbocycles. The van der Waals surface area contributed by atoms with Crippen LogP contribution in [0.4, 0.5) is 0 Å². The SMILES string of the molecule is NS(=O)(=O)c1ccc(CN2NC=CN2CC2CCN(Cc3ccc(Cl)cc3Cl)CC2)cc1. The summed E-state index contributed by atoms with van der Waals surface area (Å²) in [6.45, 7) is 4.45. The monoisotopic (exact) mass is 495 g/mol. The van der Waals surface area contributed by atoms with Gasteiger partial charge in [0.15, 0.2) is 0 Å². The molecule has 2 aliphatic heterocycles. The smallest absolute Gasteiger partial charge is 0.238 e. The van der Waals surface area contributed by atoms with E-state index >= 15 is 0 Å². The molecule has 0 unspecified atom stereocenters. The van der Waals surface area contributed by atoms with Crippen molar-refractivity contribution in [1.29, 1.82) is 0 Å². The van der Waals surface area contributed by atoms with Crippen molar-refractivity contribution < 1.29 is 8.42 Å². The van der Waals surface area contributed by atoms with Gasteiger partial charge in [0.1, 0.15) is 0 Å². The van der Waals surface area contributed by atoms with Gasteiger partial charge in [-0.15, -0.1) is 5.12 Å². The number of nitrogens with zero attached hydrogens (tertiary/aromatic N) is 3. The fourth-order valence-corrected chi connectivity index (χ4v) is 5.08. The van der Waals surface area contributed by atoms with Crippen molar-refractivity contribution in [2.45, 2.75) is 30.8 Å². The van der Waals surface area contributed by atoms with Crippen LogP contribution in [0.3, 0.4) is 0 Å². The summed E-state index contributed by atoms with van der Waals surface area (Å²) in [5.41, 5.74) is 5.35. The summed E-state index contributed by atoms with van der Waals surface area (Å²) < 4.78 is 22.9. The number of piperidine rings is 1. The molecule has 10 heteroatoms. The van der Waals surface area contributed by atoms with Crippen LogP contribution in [-0.2, 0) is 23.1 Å². The van der Waals surface area contributed by atoms with Gasteiger partial charge in [-0.05, 0) is 67.2 Å². The highest BCUT2D eigenvalue weighted by atomic mass is 35.5. The Morgan fingerprint density at radius 1 is 1.03 bits per heavy atom. The first-order valence-electron chi connectivity index (χ1n) is 10.5. The van der Waals surface area contributed by atoms with E-state index in [9.17, 15) is 8.42 Å². The number of hydrogen-bond donors (Lipinski definition) is 2. The average Bonchev–Trinajstić information content (AvgIpc) is 3.17. The molecule has 0 aliphatic carbocycles. The Kier molecular flexibility index (Phi) is 7.29. The quantitative estimate of drug-likeness (QED) is 0.610. The lowest BCUT2D eigenvalue weighted by atomic mass is 9.96. The third-order valence-corrected chi connectivity index (χ3v) is 7.44. The molecule has 0 radical (unpaired) electrons. The van der Waals surface area contributed by atoms with E-state index < -0.39 is 10.0 Å². The zero-order chi connectivity index (χ0) is 22.7. The lowest BCUT2D eigenvalue weighted by molar-refractivity contribution is -0.0206. The topological polar surface area (TPSA) is 81.9 Å². The maximum absolute atomic E-state index is 11.4. The first-order chi connectivity index (χ1) is 15.3. The van der Waals surface area contributed by atoms with Gasteiger partial charge in [-0.2, -0.15) is 0 Å². The molecule has 2 aromatic rings. The van der Waals surface area contributed by atoms with Crippen molar-refractivity contribution >= 4 is 33.2 Å². The number of halogens is 2.